The molecular formula is C19H30N2O. The van der Waals surface area contributed by atoms with E-state index in [1.54, 1.807) is 0 Å². The third-order valence-corrected chi connectivity index (χ3v) is 4.32. The second-order valence-corrected chi connectivity index (χ2v) is 6.87. The molecule has 2 rings (SSSR count). The first-order valence-electron chi connectivity index (χ1n) is 8.63. The molecule has 1 unspecified atom stereocenters. The maximum atomic E-state index is 12.5. The highest BCUT2D eigenvalue weighted by Crippen LogP contribution is 2.27. The second kappa shape index (κ2) is 7.77. The van der Waals surface area contributed by atoms with Gasteiger partial charge in [-0.3, -0.25) is 4.79 Å². The fourth-order valence-corrected chi connectivity index (χ4v) is 2.74. The molecule has 1 aromatic carbocycles. The number of hydrogen-bond acceptors (Lipinski definition) is 2. The zero-order chi connectivity index (χ0) is 16.1. The Balaban J connectivity index is 1.85. The van der Waals surface area contributed by atoms with Crippen molar-refractivity contribution in [2.45, 2.75) is 59.0 Å². The maximum absolute atomic E-state index is 12.5. The molecule has 0 radical (unpaired) electrons. The molecular weight excluding hydrogens is 272 g/mol. The molecule has 122 valence electrons. The van der Waals surface area contributed by atoms with E-state index in [2.05, 4.69) is 62.2 Å². The molecule has 1 amide bonds. The Labute approximate surface area is 135 Å². The summed E-state index contributed by atoms with van der Waals surface area (Å²) < 4.78 is 0. The van der Waals surface area contributed by atoms with E-state index in [1.165, 1.54) is 24.0 Å². The summed E-state index contributed by atoms with van der Waals surface area (Å²) in [5.41, 5.74) is 2.59. The molecule has 1 atom stereocenters. The molecule has 0 heterocycles. The van der Waals surface area contributed by atoms with Crippen LogP contribution in [-0.4, -0.2) is 29.9 Å². The predicted octanol–water partition coefficient (Wildman–Crippen LogP) is 3.55. The standard InChI is InChI=1S/C19H30N2O/c1-5-16-6-8-17(9-7-16)15(4)20-12-19(22)21(13-14(2)3)18-10-11-18/h6-9,14-15,18,20H,5,10-13H2,1-4H3. The summed E-state index contributed by atoms with van der Waals surface area (Å²) in [6.45, 7) is 9.95. The molecule has 1 saturated carbocycles. The summed E-state index contributed by atoms with van der Waals surface area (Å²) >= 11 is 0. The largest absolute Gasteiger partial charge is 0.338 e. The Kier molecular flexibility index (Phi) is 6.01. The van der Waals surface area contributed by atoms with Crippen molar-refractivity contribution in [3.63, 3.8) is 0 Å². The minimum atomic E-state index is 0.204. The van der Waals surface area contributed by atoms with E-state index in [-0.39, 0.29) is 11.9 Å². The quantitative estimate of drug-likeness (QED) is 0.796. The van der Waals surface area contributed by atoms with E-state index in [1.807, 2.05) is 0 Å². The highest BCUT2D eigenvalue weighted by atomic mass is 16.2. The molecule has 22 heavy (non-hydrogen) atoms. The SMILES string of the molecule is CCc1ccc(C(C)NCC(=O)N(CC(C)C)C2CC2)cc1. The van der Waals surface area contributed by atoms with Crippen LogP contribution in [0, 0.1) is 5.92 Å². The Morgan fingerprint density at radius 2 is 1.86 bits per heavy atom. The Hall–Kier alpha value is -1.35. The van der Waals surface area contributed by atoms with Crippen LogP contribution in [0.1, 0.15) is 57.7 Å². The van der Waals surface area contributed by atoms with Crippen molar-refractivity contribution in [1.29, 1.82) is 0 Å². The fourth-order valence-electron chi connectivity index (χ4n) is 2.74. The normalized spacial score (nSPS) is 15.9. The minimum Gasteiger partial charge on any atom is -0.338 e. The molecule has 1 aliphatic carbocycles. The van der Waals surface area contributed by atoms with Crippen molar-refractivity contribution in [1.82, 2.24) is 10.2 Å². The first kappa shape index (κ1) is 17.0. The van der Waals surface area contributed by atoms with Crippen molar-refractivity contribution in [3.05, 3.63) is 35.4 Å². The van der Waals surface area contributed by atoms with E-state index in [0.717, 1.165) is 13.0 Å². The van der Waals surface area contributed by atoms with Crippen molar-refractivity contribution in [2.75, 3.05) is 13.1 Å². The topological polar surface area (TPSA) is 32.3 Å². The highest BCUT2D eigenvalue weighted by Gasteiger charge is 2.32. The van der Waals surface area contributed by atoms with E-state index in [4.69, 9.17) is 0 Å². The van der Waals surface area contributed by atoms with Gasteiger partial charge in [-0.15, -0.1) is 0 Å². The molecule has 0 aromatic heterocycles. The summed E-state index contributed by atoms with van der Waals surface area (Å²) in [6.07, 6.45) is 3.41. The van der Waals surface area contributed by atoms with Gasteiger partial charge in [-0.2, -0.15) is 0 Å². The third-order valence-electron chi connectivity index (χ3n) is 4.32. The molecule has 0 bridgehead atoms. The lowest BCUT2D eigenvalue weighted by molar-refractivity contribution is -0.131. The average molecular weight is 302 g/mol. The van der Waals surface area contributed by atoms with Crippen LogP contribution in [0.15, 0.2) is 24.3 Å². The number of amides is 1. The monoisotopic (exact) mass is 302 g/mol. The van der Waals surface area contributed by atoms with Gasteiger partial charge in [0.25, 0.3) is 0 Å². The third kappa shape index (κ3) is 4.84. The lowest BCUT2D eigenvalue weighted by Gasteiger charge is -2.25. The molecule has 1 fully saturated rings. The molecule has 0 aliphatic heterocycles. The van der Waals surface area contributed by atoms with Crippen molar-refractivity contribution >= 4 is 5.91 Å². The van der Waals surface area contributed by atoms with Gasteiger partial charge in [0.1, 0.15) is 0 Å². The van der Waals surface area contributed by atoms with E-state index >= 15 is 0 Å². The number of benzene rings is 1. The van der Waals surface area contributed by atoms with Gasteiger partial charge in [-0.25, -0.2) is 0 Å². The van der Waals surface area contributed by atoms with Crippen LogP contribution in [0.4, 0.5) is 0 Å². The lowest BCUT2D eigenvalue weighted by atomic mass is 10.1. The maximum Gasteiger partial charge on any atom is 0.236 e. The number of nitrogens with zero attached hydrogens (tertiary/aromatic N) is 1. The molecule has 1 aliphatic rings. The Morgan fingerprint density at radius 3 is 2.36 bits per heavy atom. The summed E-state index contributed by atoms with van der Waals surface area (Å²) in [7, 11) is 0. The van der Waals surface area contributed by atoms with Crippen LogP contribution in [-0.2, 0) is 11.2 Å². The number of carbonyl (C=O) groups excluding carboxylic acids is 1. The predicted molar refractivity (Wildman–Crippen MR) is 91.8 cm³/mol. The van der Waals surface area contributed by atoms with Gasteiger partial charge in [-0.05, 0) is 43.2 Å². The second-order valence-electron chi connectivity index (χ2n) is 6.87. The van der Waals surface area contributed by atoms with E-state index in [9.17, 15) is 4.79 Å². The molecule has 0 saturated heterocycles. The van der Waals surface area contributed by atoms with Gasteiger partial charge in [-0.1, -0.05) is 45.0 Å². The van der Waals surface area contributed by atoms with Crippen LogP contribution in [0.2, 0.25) is 0 Å². The first-order chi connectivity index (χ1) is 10.5. The van der Waals surface area contributed by atoms with Crippen LogP contribution < -0.4 is 5.32 Å². The fraction of sp³-hybridized carbons (Fsp3) is 0.632. The summed E-state index contributed by atoms with van der Waals surface area (Å²) in [5.74, 6) is 0.775. The van der Waals surface area contributed by atoms with Crippen LogP contribution in [0.25, 0.3) is 0 Å². The van der Waals surface area contributed by atoms with Gasteiger partial charge < -0.3 is 10.2 Å². The number of carbonyl (C=O) groups is 1. The van der Waals surface area contributed by atoms with E-state index in [0.29, 0.717) is 18.5 Å². The number of hydrogen-bond donors (Lipinski definition) is 1. The van der Waals surface area contributed by atoms with Gasteiger partial charge in [0, 0.05) is 18.6 Å². The smallest absolute Gasteiger partial charge is 0.236 e. The molecule has 1 N–H and O–H groups in total. The zero-order valence-corrected chi connectivity index (χ0v) is 14.4. The number of nitrogens with one attached hydrogen (secondary N) is 1. The average Bonchev–Trinajstić information content (AvgIpc) is 3.34. The lowest BCUT2D eigenvalue weighted by Crippen LogP contribution is -2.42. The van der Waals surface area contributed by atoms with E-state index < -0.39 is 0 Å². The van der Waals surface area contributed by atoms with Crippen LogP contribution >= 0.6 is 0 Å². The van der Waals surface area contributed by atoms with Gasteiger partial charge >= 0.3 is 0 Å². The van der Waals surface area contributed by atoms with Gasteiger partial charge in [0.15, 0.2) is 0 Å². The highest BCUT2D eigenvalue weighted by molar-refractivity contribution is 5.79. The van der Waals surface area contributed by atoms with Crippen LogP contribution in [0.5, 0.6) is 0 Å². The number of aryl methyl sites for hydroxylation is 1. The Bertz CT molecular complexity index is 477. The summed E-state index contributed by atoms with van der Waals surface area (Å²) in [4.78, 5) is 14.5. The molecule has 0 spiro atoms. The Morgan fingerprint density at radius 1 is 1.23 bits per heavy atom. The summed E-state index contributed by atoms with van der Waals surface area (Å²) in [5, 5.41) is 3.38. The minimum absolute atomic E-state index is 0.204. The van der Waals surface area contributed by atoms with Gasteiger partial charge in [0.2, 0.25) is 5.91 Å². The first-order valence-corrected chi connectivity index (χ1v) is 8.63. The van der Waals surface area contributed by atoms with Crippen molar-refractivity contribution in [2.24, 2.45) is 5.92 Å². The molecule has 3 nitrogen and oxygen atoms in total. The zero-order valence-electron chi connectivity index (χ0n) is 14.4. The van der Waals surface area contributed by atoms with Crippen LogP contribution in [0.3, 0.4) is 0 Å². The van der Waals surface area contributed by atoms with Crippen molar-refractivity contribution in [3.8, 4) is 0 Å². The van der Waals surface area contributed by atoms with Crippen molar-refractivity contribution < 1.29 is 4.79 Å². The molecule has 3 heteroatoms. The van der Waals surface area contributed by atoms with Gasteiger partial charge in [0.05, 0.1) is 6.54 Å². The number of rotatable bonds is 8. The molecule has 1 aromatic rings. The summed E-state index contributed by atoms with van der Waals surface area (Å²) in [6, 6.07) is 9.36.